The Kier molecular flexibility index (Phi) is 3.18. The van der Waals surface area contributed by atoms with E-state index in [0.717, 1.165) is 5.56 Å². The van der Waals surface area contributed by atoms with E-state index in [9.17, 15) is 9.59 Å². The highest BCUT2D eigenvalue weighted by Crippen LogP contribution is 2.38. The van der Waals surface area contributed by atoms with Crippen molar-refractivity contribution in [3.05, 3.63) is 27.7 Å². The third-order valence-electron chi connectivity index (χ3n) is 3.51. The van der Waals surface area contributed by atoms with Crippen molar-refractivity contribution in [3.63, 3.8) is 0 Å². The highest BCUT2D eigenvalue weighted by molar-refractivity contribution is 6.36. The number of amides is 2. The van der Waals surface area contributed by atoms with Gasteiger partial charge in [-0.1, -0.05) is 23.2 Å². The Hall–Kier alpha value is -1.59. The first-order valence-corrected chi connectivity index (χ1v) is 6.85. The molecule has 0 spiro atoms. The fourth-order valence-electron chi connectivity index (χ4n) is 2.49. The molecule has 7 heteroatoms. The predicted molar refractivity (Wildman–Crippen MR) is 76.3 cm³/mol. The molecule has 0 aliphatic carbocycles. The van der Waals surface area contributed by atoms with Crippen LogP contribution >= 0.6 is 23.2 Å². The number of halogens is 2. The van der Waals surface area contributed by atoms with Gasteiger partial charge in [0.15, 0.2) is 0 Å². The second-order valence-corrected chi connectivity index (χ2v) is 5.59. The van der Waals surface area contributed by atoms with Crippen molar-refractivity contribution in [1.82, 2.24) is 10.2 Å². The first-order valence-electron chi connectivity index (χ1n) is 6.10. The summed E-state index contributed by atoms with van der Waals surface area (Å²) in [5.41, 5.74) is 1.41. The van der Waals surface area contributed by atoms with Crippen molar-refractivity contribution in [2.24, 2.45) is 4.99 Å². The van der Waals surface area contributed by atoms with Gasteiger partial charge in [0.25, 0.3) is 0 Å². The van der Waals surface area contributed by atoms with Crippen LogP contribution in [-0.4, -0.2) is 28.6 Å². The van der Waals surface area contributed by atoms with Gasteiger partial charge in [-0.15, -0.1) is 0 Å². The maximum Gasteiger partial charge on any atom is 0.249 e. The number of nitrogens with one attached hydrogen (secondary N) is 1. The Morgan fingerprint density at radius 2 is 2.00 bits per heavy atom. The molecule has 1 saturated heterocycles. The number of aliphatic imine (C=N–C) groups is 1. The smallest absolute Gasteiger partial charge is 0.249 e. The van der Waals surface area contributed by atoms with Gasteiger partial charge < -0.3 is 4.90 Å². The molecular weight excluding hydrogens is 301 g/mol. The number of amidine groups is 1. The fourth-order valence-corrected chi connectivity index (χ4v) is 2.92. The lowest BCUT2D eigenvalue weighted by Crippen LogP contribution is -2.44. The first kappa shape index (κ1) is 13.4. The summed E-state index contributed by atoms with van der Waals surface area (Å²) in [6, 6.07) is 2.87. The molecule has 1 N–H and O–H groups in total. The summed E-state index contributed by atoms with van der Waals surface area (Å²) in [5.74, 6) is 0.0819. The van der Waals surface area contributed by atoms with Crippen molar-refractivity contribution in [1.29, 1.82) is 0 Å². The van der Waals surface area contributed by atoms with Crippen LogP contribution in [0, 0.1) is 0 Å². The van der Waals surface area contributed by atoms with Crippen molar-refractivity contribution >= 4 is 46.5 Å². The maximum atomic E-state index is 11.8. The lowest BCUT2D eigenvalue weighted by atomic mass is 10.1. The molecule has 0 saturated carbocycles. The summed E-state index contributed by atoms with van der Waals surface area (Å²) < 4.78 is 0. The van der Waals surface area contributed by atoms with Gasteiger partial charge in [0, 0.05) is 17.1 Å². The van der Waals surface area contributed by atoms with Gasteiger partial charge in [0.1, 0.15) is 11.9 Å². The van der Waals surface area contributed by atoms with Crippen LogP contribution in [-0.2, 0) is 16.1 Å². The number of imide groups is 1. The zero-order chi connectivity index (χ0) is 14.4. The molecule has 0 bridgehead atoms. The minimum atomic E-state index is -0.533. The van der Waals surface area contributed by atoms with E-state index in [1.807, 2.05) is 0 Å². The van der Waals surface area contributed by atoms with Gasteiger partial charge in [-0.2, -0.15) is 0 Å². The molecule has 1 unspecified atom stereocenters. The van der Waals surface area contributed by atoms with E-state index in [1.54, 1.807) is 24.0 Å². The standard InChI is InChI=1S/C13H11Cl2N3O2/c1-6-16-12-7(8(14)2-3-9(12)15)5-18(6)10-4-11(19)17-13(10)20/h2-3,10H,4-5H2,1H3,(H,17,19,20). The van der Waals surface area contributed by atoms with Crippen LogP contribution in [0.5, 0.6) is 0 Å². The summed E-state index contributed by atoms with van der Waals surface area (Å²) in [7, 11) is 0. The molecule has 2 heterocycles. The number of benzene rings is 1. The molecular formula is C13H11Cl2N3O2. The van der Waals surface area contributed by atoms with Crippen molar-refractivity contribution in [2.75, 3.05) is 0 Å². The Balaban J connectivity index is 2.01. The van der Waals surface area contributed by atoms with Gasteiger partial charge in [-0.05, 0) is 19.1 Å². The Labute approximate surface area is 125 Å². The molecule has 3 rings (SSSR count). The highest BCUT2D eigenvalue weighted by atomic mass is 35.5. The average Bonchev–Trinajstić information content (AvgIpc) is 2.73. The molecule has 1 atom stereocenters. The molecule has 2 amide bonds. The Bertz CT molecular complexity index is 657. The van der Waals surface area contributed by atoms with Crippen LogP contribution < -0.4 is 5.32 Å². The predicted octanol–water partition coefficient (Wildman–Crippen LogP) is 2.27. The molecule has 2 aliphatic rings. The molecule has 1 aromatic rings. The SMILES string of the molecule is CC1=Nc2c(Cl)ccc(Cl)c2CN1C1CC(=O)NC1=O. The van der Waals surface area contributed by atoms with E-state index in [0.29, 0.717) is 28.1 Å². The minimum absolute atomic E-state index is 0.138. The molecule has 20 heavy (non-hydrogen) atoms. The van der Waals surface area contributed by atoms with E-state index in [1.165, 1.54) is 0 Å². The number of carbonyl (C=O) groups is 2. The third kappa shape index (κ3) is 2.07. The van der Waals surface area contributed by atoms with Gasteiger partial charge in [0.05, 0.1) is 17.1 Å². The van der Waals surface area contributed by atoms with Crippen LogP contribution in [0.1, 0.15) is 18.9 Å². The van der Waals surface area contributed by atoms with Gasteiger partial charge in [-0.25, -0.2) is 4.99 Å². The van der Waals surface area contributed by atoms with Crippen molar-refractivity contribution < 1.29 is 9.59 Å². The van der Waals surface area contributed by atoms with Crippen molar-refractivity contribution in [3.8, 4) is 0 Å². The average molecular weight is 312 g/mol. The zero-order valence-electron chi connectivity index (χ0n) is 10.6. The molecule has 0 radical (unpaired) electrons. The normalized spacial score (nSPS) is 21.6. The maximum absolute atomic E-state index is 11.8. The van der Waals surface area contributed by atoms with Gasteiger partial charge >= 0.3 is 0 Å². The molecule has 1 aromatic carbocycles. The van der Waals surface area contributed by atoms with Crippen LogP contribution in [0.3, 0.4) is 0 Å². The number of carbonyl (C=O) groups excluding carboxylic acids is 2. The quantitative estimate of drug-likeness (QED) is 0.809. The van der Waals surface area contributed by atoms with Gasteiger partial charge in [0.2, 0.25) is 11.8 Å². The summed E-state index contributed by atoms with van der Waals surface area (Å²) in [6.45, 7) is 2.20. The molecule has 2 aliphatic heterocycles. The second-order valence-electron chi connectivity index (χ2n) is 4.78. The monoisotopic (exact) mass is 311 g/mol. The minimum Gasteiger partial charge on any atom is -0.343 e. The first-order chi connectivity index (χ1) is 9.47. The van der Waals surface area contributed by atoms with E-state index in [-0.39, 0.29) is 18.2 Å². The van der Waals surface area contributed by atoms with E-state index in [2.05, 4.69) is 10.3 Å². The third-order valence-corrected chi connectivity index (χ3v) is 4.17. The van der Waals surface area contributed by atoms with E-state index >= 15 is 0 Å². The lowest BCUT2D eigenvalue weighted by Gasteiger charge is -2.32. The summed E-state index contributed by atoms with van der Waals surface area (Å²) >= 11 is 12.3. The number of nitrogens with zero attached hydrogens (tertiary/aromatic N) is 2. The van der Waals surface area contributed by atoms with Crippen LogP contribution in [0.2, 0.25) is 10.0 Å². The molecule has 5 nitrogen and oxygen atoms in total. The van der Waals surface area contributed by atoms with E-state index < -0.39 is 6.04 Å². The molecule has 104 valence electrons. The van der Waals surface area contributed by atoms with Gasteiger partial charge in [-0.3, -0.25) is 14.9 Å². The zero-order valence-corrected chi connectivity index (χ0v) is 12.1. The topological polar surface area (TPSA) is 61.8 Å². The largest absolute Gasteiger partial charge is 0.343 e. The summed E-state index contributed by atoms with van der Waals surface area (Å²) in [5, 5.41) is 3.38. The van der Waals surface area contributed by atoms with Crippen LogP contribution in [0.25, 0.3) is 0 Å². The highest BCUT2D eigenvalue weighted by Gasteiger charge is 2.38. The second kappa shape index (κ2) is 4.75. The fraction of sp³-hybridized carbons (Fsp3) is 0.308. The summed E-state index contributed by atoms with van der Waals surface area (Å²) in [6.07, 6.45) is 0.138. The van der Waals surface area contributed by atoms with Crippen molar-refractivity contribution in [2.45, 2.75) is 25.9 Å². The molecule has 1 fully saturated rings. The number of fused-ring (bicyclic) bond motifs is 1. The van der Waals surface area contributed by atoms with E-state index in [4.69, 9.17) is 23.2 Å². The Morgan fingerprint density at radius 1 is 1.30 bits per heavy atom. The lowest BCUT2D eigenvalue weighted by molar-refractivity contribution is -0.125. The number of hydrogen-bond donors (Lipinski definition) is 1. The number of hydrogen-bond acceptors (Lipinski definition) is 4. The Morgan fingerprint density at radius 3 is 2.65 bits per heavy atom. The van der Waals surface area contributed by atoms with Crippen LogP contribution in [0.15, 0.2) is 17.1 Å². The van der Waals surface area contributed by atoms with Crippen LogP contribution in [0.4, 0.5) is 5.69 Å². The number of rotatable bonds is 1. The molecule has 0 aromatic heterocycles. The summed E-state index contributed by atoms with van der Waals surface area (Å²) in [4.78, 5) is 29.3.